The molecule has 0 aliphatic carbocycles. The fourth-order valence-electron chi connectivity index (χ4n) is 2.54. The van der Waals surface area contributed by atoms with Crippen LogP contribution in [0.15, 0.2) is 63.3 Å². The van der Waals surface area contributed by atoms with E-state index in [-0.39, 0.29) is 16.1 Å². The summed E-state index contributed by atoms with van der Waals surface area (Å²) in [6, 6.07) is 11.1. The van der Waals surface area contributed by atoms with Crippen LogP contribution in [0.4, 0.5) is 10.8 Å². The number of hydrogen-bond donors (Lipinski definition) is 2. The SMILES string of the molecule is C[C@@H](Sc1nc2ccc(NS(=O)(=O)c3ccc(Cl)cc3)cc2s1)C(=O)Nc1nccs1. The van der Waals surface area contributed by atoms with Gasteiger partial charge in [0.2, 0.25) is 5.91 Å². The molecule has 0 bridgehead atoms. The molecule has 4 rings (SSSR count). The number of carbonyl (C=O) groups is 1. The van der Waals surface area contributed by atoms with Gasteiger partial charge >= 0.3 is 0 Å². The summed E-state index contributed by atoms with van der Waals surface area (Å²) in [5.74, 6) is -0.157. The Kier molecular flexibility index (Phi) is 6.49. The number of rotatable bonds is 7. The van der Waals surface area contributed by atoms with Crippen LogP contribution >= 0.6 is 46.0 Å². The van der Waals surface area contributed by atoms with Gasteiger partial charge in [-0.15, -0.1) is 22.7 Å². The van der Waals surface area contributed by atoms with Crippen LogP contribution in [-0.4, -0.2) is 29.5 Å². The molecule has 4 aromatic rings. The van der Waals surface area contributed by atoms with Crippen molar-refractivity contribution < 1.29 is 13.2 Å². The third-order valence-corrected chi connectivity index (χ3v) is 8.60. The Hall–Kier alpha value is -2.18. The minimum absolute atomic E-state index is 0.123. The fourth-order valence-corrected chi connectivity index (χ4v) is 6.50. The van der Waals surface area contributed by atoms with Crippen LogP contribution in [0, 0.1) is 0 Å². The number of thiazole rings is 2. The Morgan fingerprint density at radius 3 is 2.68 bits per heavy atom. The van der Waals surface area contributed by atoms with E-state index >= 15 is 0 Å². The molecule has 12 heteroatoms. The van der Waals surface area contributed by atoms with Gasteiger partial charge in [-0.3, -0.25) is 9.52 Å². The Balaban J connectivity index is 1.47. The monoisotopic (exact) mass is 510 g/mol. The highest BCUT2D eigenvalue weighted by molar-refractivity contribution is 8.02. The molecule has 0 spiro atoms. The van der Waals surface area contributed by atoms with E-state index in [9.17, 15) is 13.2 Å². The molecule has 1 amide bonds. The predicted octanol–water partition coefficient (Wildman–Crippen LogP) is 5.33. The standard InChI is InChI=1S/C19H15ClN4O3S4/c1-11(17(25)23-18-21-8-9-28-18)29-19-22-15-7-4-13(10-16(15)30-19)24-31(26,27)14-5-2-12(20)3-6-14/h2-11,24H,1H3,(H,21,23,25)/t11-/m1/s1. The second kappa shape index (κ2) is 9.13. The number of hydrogen-bond acceptors (Lipinski definition) is 8. The van der Waals surface area contributed by atoms with Gasteiger partial charge in [0.15, 0.2) is 9.47 Å². The number of thioether (sulfide) groups is 1. The minimum Gasteiger partial charge on any atom is -0.301 e. The lowest BCUT2D eigenvalue weighted by atomic mass is 10.3. The second-order valence-corrected chi connectivity index (χ2v) is 11.9. The van der Waals surface area contributed by atoms with Crippen LogP contribution in [0.25, 0.3) is 10.2 Å². The largest absolute Gasteiger partial charge is 0.301 e. The second-order valence-electron chi connectivity index (χ2n) is 6.31. The van der Waals surface area contributed by atoms with Gasteiger partial charge in [-0.2, -0.15) is 0 Å². The first-order valence-electron chi connectivity index (χ1n) is 8.86. The number of aromatic nitrogens is 2. The Morgan fingerprint density at radius 2 is 1.97 bits per heavy atom. The zero-order valence-electron chi connectivity index (χ0n) is 15.9. The first-order chi connectivity index (χ1) is 14.8. The van der Waals surface area contributed by atoms with Crippen molar-refractivity contribution >= 4 is 83.0 Å². The van der Waals surface area contributed by atoms with Gasteiger partial charge in [0, 0.05) is 16.6 Å². The Labute approximate surface area is 195 Å². The molecule has 2 aromatic heterocycles. The van der Waals surface area contributed by atoms with Crippen molar-refractivity contribution in [1.29, 1.82) is 0 Å². The van der Waals surface area contributed by atoms with Crippen molar-refractivity contribution in [3.63, 3.8) is 0 Å². The maximum absolute atomic E-state index is 12.6. The molecule has 1 atom stereocenters. The topological polar surface area (TPSA) is 101 Å². The Morgan fingerprint density at radius 1 is 1.19 bits per heavy atom. The van der Waals surface area contributed by atoms with Gasteiger partial charge in [0.05, 0.1) is 26.0 Å². The van der Waals surface area contributed by atoms with E-state index in [1.54, 1.807) is 36.7 Å². The minimum atomic E-state index is -3.73. The summed E-state index contributed by atoms with van der Waals surface area (Å²) in [5.41, 5.74) is 1.16. The number of anilines is 2. The lowest BCUT2D eigenvalue weighted by Gasteiger charge is -2.08. The van der Waals surface area contributed by atoms with Gasteiger partial charge in [-0.1, -0.05) is 23.4 Å². The highest BCUT2D eigenvalue weighted by Crippen LogP contribution is 2.34. The lowest BCUT2D eigenvalue weighted by Crippen LogP contribution is -2.22. The van der Waals surface area contributed by atoms with Crippen LogP contribution in [-0.2, 0) is 14.8 Å². The van der Waals surface area contributed by atoms with Crippen molar-refractivity contribution in [1.82, 2.24) is 9.97 Å². The average Bonchev–Trinajstić information content (AvgIpc) is 3.37. The van der Waals surface area contributed by atoms with Gasteiger partial charge in [0.25, 0.3) is 10.0 Å². The molecule has 2 aromatic carbocycles. The van der Waals surface area contributed by atoms with E-state index in [1.807, 2.05) is 0 Å². The number of sulfonamides is 1. The van der Waals surface area contributed by atoms with Crippen LogP contribution in [0.2, 0.25) is 5.02 Å². The molecule has 160 valence electrons. The van der Waals surface area contributed by atoms with Crippen LogP contribution in [0.3, 0.4) is 0 Å². The van der Waals surface area contributed by atoms with Crippen LogP contribution < -0.4 is 10.0 Å². The smallest absolute Gasteiger partial charge is 0.261 e. The summed E-state index contributed by atoms with van der Waals surface area (Å²) in [6.07, 6.45) is 1.63. The highest BCUT2D eigenvalue weighted by Gasteiger charge is 2.19. The average molecular weight is 511 g/mol. The molecule has 0 radical (unpaired) electrons. The molecule has 2 heterocycles. The number of halogens is 1. The lowest BCUT2D eigenvalue weighted by molar-refractivity contribution is -0.115. The van der Waals surface area contributed by atoms with E-state index in [0.717, 1.165) is 14.6 Å². The fraction of sp³-hybridized carbons (Fsp3) is 0.105. The molecule has 31 heavy (non-hydrogen) atoms. The van der Waals surface area contributed by atoms with Crippen molar-refractivity contribution in [2.45, 2.75) is 21.4 Å². The summed E-state index contributed by atoms with van der Waals surface area (Å²) in [5, 5.41) is 5.21. The molecular formula is C19H15ClN4O3S4. The molecule has 0 saturated carbocycles. The van der Waals surface area contributed by atoms with Gasteiger partial charge in [0.1, 0.15) is 0 Å². The molecule has 2 N–H and O–H groups in total. The number of carbonyl (C=O) groups excluding carboxylic acids is 1. The van der Waals surface area contributed by atoms with Crippen molar-refractivity contribution in [2.75, 3.05) is 10.0 Å². The normalized spacial score (nSPS) is 12.6. The molecule has 0 aliphatic rings. The summed E-state index contributed by atoms with van der Waals surface area (Å²) in [4.78, 5) is 21.0. The zero-order chi connectivity index (χ0) is 22.0. The zero-order valence-corrected chi connectivity index (χ0v) is 19.9. The van der Waals surface area contributed by atoms with Crippen LogP contribution in [0.5, 0.6) is 0 Å². The summed E-state index contributed by atoms with van der Waals surface area (Å²) >= 11 is 9.92. The number of amides is 1. The van der Waals surface area contributed by atoms with E-state index in [1.165, 1.54) is 58.7 Å². The first-order valence-corrected chi connectivity index (χ1v) is 13.3. The maximum Gasteiger partial charge on any atom is 0.261 e. The van der Waals surface area contributed by atoms with E-state index in [0.29, 0.717) is 15.8 Å². The summed E-state index contributed by atoms with van der Waals surface area (Å²) in [6.45, 7) is 1.80. The molecule has 0 saturated heterocycles. The number of nitrogens with one attached hydrogen (secondary N) is 2. The van der Waals surface area contributed by atoms with Crippen LogP contribution in [0.1, 0.15) is 6.92 Å². The van der Waals surface area contributed by atoms with E-state index < -0.39 is 10.0 Å². The molecule has 0 aliphatic heterocycles. The first kappa shape index (κ1) is 22.0. The summed E-state index contributed by atoms with van der Waals surface area (Å²) in [7, 11) is -3.73. The summed E-state index contributed by atoms with van der Waals surface area (Å²) < 4.78 is 29.3. The molecular weight excluding hydrogens is 496 g/mol. The predicted molar refractivity (Wildman–Crippen MR) is 128 cm³/mol. The van der Waals surface area contributed by atoms with Gasteiger partial charge in [-0.05, 0) is 49.4 Å². The third kappa shape index (κ3) is 5.36. The van der Waals surface area contributed by atoms with Gasteiger partial charge < -0.3 is 5.32 Å². The van der Waals surface area contributed by atoms with Crippen molar-refractivity contribution in [3.8, 4) is 0 Å². The quantitative estimate of drug-likeness (QED) is 0.326. The Bertz CT molecular complexity index is 1320. The van der Waals surface area contributed by atoms with E-state index in [4.69, 9.17) is 11.6 Å². The molecule has 7 nitrogen and oxygen atoms in total. The maximum atomic E-state index is 12.6. The third-order valence-electron chi connectivity index (χ3n) is 4.05. The van der Waals surface area contributed by atoms with E-state index in [2.05, 4.69) is 20.0 Å². The van der Waals surface area contributed by atoms with Gasteiger partial charge in [-0.25, -0.2) is 18.4 Å². The number of nitrogens with zero attached hydrogens (tertiary/aromatic N) is 2. The molecule has 0 unspecified atom stereocenters. The molecule has 0 fully saturated rings. The highest BCUT2D eigenvalue weighted by atomic mass is 35.5. The van der Waals surface area contributed by atoms with Crippen molar-refractivity contribution in [2.24, 2.45) is 0 Å². The van der Waals surface area contributed by atoms with Crippen molar-refractivity contribution in [3.05, 3.63) is 59.1 Å². The number of benzene rings is 2. The number of fused-ring (bicyclic) bond motifs is 1.